The Bertz CT molecular complexity index is 1080. The van der Waals surface area contributed by atoms with E-state index < -0.39 is 24.0 Å². The number of nitrogens with zero attached hydrogens (tertiary/aromatic N) is 2. The number of nitrogens with one attached hydrogen (secondary N) is 2. The zero-order chi connectivity index (χ0) is 23.1. The SMILES string of the molecule is NC(CCc1nc2ccccc2[nH]1)C(=O)[O-].NC(CCc1nc2ccccc2[nH]1)C(=O)[O-].O.O.O.O.O.O.O.O.O.O.O.O.O.O.O.O.O.O.O.O.[Mg+2]. The molecule has 0 saturated heterocycles. The Morgan fingerprint density at radius 1 is 0.491 bits per heavy atom. The van der Waals surface area contributed by atoms with Gasteiger partial charge in [-0.15, -0.1) is 0 Å². The fourth-order valence-electron chi connectivity index (χ4n) is 3.07. The van der Waals surface area contributed by atoms with Crippen molar-refractivity contribution in [3.05, 3.63) is 60.2 Å². The predicted molar refractivity (Wildman–Crippen MR) is 193 cm³/mol. The van der Waals surface area contributed by atoms with Gasteiger partial charge < -0.3 is 151 Å². The third-order valence-corrected chi connectivity index (χ3v) is 4.87. The summed E-state index contributed by atoms with van der Waals surface area (Å²) in [6, 6.07) is 13.4. The summed E-state index contributed by atoms with van der Waals surface area (Å²) in [6.07, 6.45) is 1.65. The summed E-state index contributed by atoms with van der Waals surface area (Å²) in [5.74, 6) is -0.956. The average molecular weight is 821 g/mol. The van der Waals surface area contributed by atoms with Crippen LogP contribution in [0, 0.1) is 0 Å². The maximum absolute atomic E-state index is 10.4. The normalized spacial score (nSPS) is 7.74. The number of aliphatic carboxylic acids is 2. The summed E-state index contributed by atoms with van der Waals surface area (Å²) in [7, 11) is 0. The second-order valence-corrected chi connectivity index (χ2v) is 7.33. The van der Waals surface area contributed by atoms with E-state index in [-0.39, 0.29) is 133 Å². The minimum Gasteiger partial charge on any atom is -0.548 e. The minimum absolute atomic E-state index is 0. The molecule has 2 heterocycles. The number of aromatic amines is 2. The van der Waals surface area contributed by atoms with Gasteiger partial charge in [0.1, 0.15) is 11.6 Å². The maximum atomic E-state index is 10.4. The van der Waals surface area contributed by atoms with Crippen molar-refractivity contribution >= 4 is 57.1 Å². The van der Waals surface area contributed by atoms with Gasteiger partial charge in [0.05, 0.1) is 34.0 Å². The van der Waals surface area contributed by atoms with Gasteiger partial charge in [-0.2, -0.15) is 0 Å². The molecule has 31 heteroatoms. The standard InChI is InChI=1S/2C11H13N3O2.Mg.20H2O/c2*12-7(11(15)16)5-6-10-13-8-3-1-2-4-9(8)14-10;;;;;;;;;;;;;;;;;;;;;/h2*1-4,7H,5-6,12H2,(H,13,14)(H,15,16);;20*1H2/q;;+2;;;;;;;;;;;;;;;;;;;;/p-2. The molecular formula is C22H64MgN6O24. The number of hydrogen-bond acceptors (Lipinski definition) is 8. The number of aromatic nitrogens is 4. The van der Waals surface area contributed by atoms with Crippen LogP contribution in [-0.2, 0) is 22.4 Å². The van der Waals surface area contributed by atoms with Crippen LogP contribution < -0.4 is 21.7 Å². The van der Waals surface area contributed by atoms with Gasteiger partial charge in [-0.1, -0.05) is 24.3 Å². The van der Waals surface area contributed by atoms with E-state index in [2.05, 4.69) is 19.9 Å². The fourth-order valence-corrected chi connectivity index (χ4v) is 3.07. The van der Waals surface area contributed by atoms with Crippen LogP contribution in [-0.4, -0.2) is 177 Å². The predicted octanol–water partition coefficient (Wildman–Crippen LogP) is -17.7. The molecule has 0 bridgehead atoms. The van der Waals surface area contributed by atoms with E-state index >= 15 is 0 Å². The van der Waals surface area contributed by atoms with E-state index in [0.717, 1.165) is 33.7 Å². The van der Waals surface area contributed by atoms with Crippen LogP contribution in [0.4, 0.5) is 0 Å². The molecule has 0 saturated carbocycles. The van der Waals surface area contributed by atoms with E-state index in [9.17, 15) is 19.8 Å². The number of para-hydroxylation sites is 4. The quantitative estimate of drug-likeness (QED) is 0.123. The number of hydrogen-bond donors (Lipinski definition) is 4. The van der Waals surface area contributed by atoms with Gasteiger partial charge in [-0.05, 0) is 37.1 Å². The van der Waals surface area contributed by atoms with Gasteiger partial charge in [-0.3, -0.25) is 0 Å². The van der Waals surface area contributed by atoms with E-state index in [1.54, 1.807) is 0 Å². The van der Waals surface area contributed by atoms with Crippen molar-refractivity contribution < 1.29 is 129 Å². The second kappa shape index (κ2) is 60.3. The first-order valence-electron chi connectivity index (χ1n) is 10.1. The molecule has 0 aliphatic rings. The van der Waals surface area contributed by atoms with E-state index in [4.69, 9.17) is 11.5 Å². The van der Waals surface area contributed by atoms with E-state index in [1.165, 1.54) is 0 Å². The van der Waals surface area contributed by atoms with Gasteiger partial charge in [0.2, 0.25) is 0 Å². The topological polar surface area (TPSA) is 820 Å². The number of aryl methyl sites for hydroxylation is 2. The number of carboxylic acid groups (broad SMARTS) is 2. The zero-order valence-electron chi connectivity index (χ0n) is 28.0. The van der Waals surface area contributed by atoms with Gasteiger partial charge >= 0.3 is 23.1 Å². The van der Waals surface area contributed by atoms with Crippen molar-refractivity contribution in [3.8, 4) is 0 Å². The van der Waals surface area contributed by atoms with Crippen LogP contribution in [0.1, 0.15) is 24.5 Å². The van der Waals surface area contributed by atoms with Crippen LogP contribution in [0.3, 0.4) is 0 Å². The molecule has 2 aromatic heterocycles. The molecule has 2 unspecified atom stereocenters. The molecule has 30 nitrogen and oxygen atoms in total. The van der Waals surface area contributed by atoms with Crippen molar-refractivity contribution in [1.82, 2.24) is 19.9 Å². The molecule has 2 aromatic carbocycles. The first kappa shape index (κ1) is 125. The molecule has 328 valence electrons. The summed E-state index contributed by atoms with van der Waals surface area (Å²) < 4.78 is 0. The van der Waals surface area contributed by atoms with Crippen molar-refractivity contribution in [1.29, 1.82) is 0 Å². The van der Waals surface area contributed by atoms with Crippen molar-refractivity contribution in [2.75, 3.05) is 0 Å². The summed E-state index contributed by atoms with van der Waals surface area (Å²) in [5.41, 5.74) is 14.3. The van der Waals surface area contributed by atoms with Gasteiger partial charge in [0.15, 0.2) is 0 Å². The number of fused-ring (bicyclic) bond motifs is 2. The summed E-state index contributed by atoms with van der Waals surface area (Å²) in [5, 5.41) is 20.9. The molecule has 46 N–H and O–H groups in total. The smallest absolute Gasteiger partial charge is 0.548 e. The maximum Gasteiger partial charge on any atom is 2.00 e. The van der Waals surface area contributed by atoms with Crippen LogP contribution in [0.5, 0.6) is 0 Å². The molecule has 4 aromatic rings. The first-order valence-corrected chi connectivity index (χ1v) is 10.1. The molecule has 0 aliphatic carbocycles. The molecule has 2 atom stereocenters. The van der Waals surface area contributed by atoms with Crippen molar-refractivity contribution in [2.24, 2.45) is 11.5 Å². The number of carboxylic acids is 2. The van der Waals surface area contributed by atoms with Crippen molar-refractivity contribution in [3.63, 3.8) is 0 Å². The Labute approximate surface area is 315 Å². The fraction of sp³-hybridized carbons (Fsp3) is 0.273. The van der Waals surface area contributed by atoms with Crippen LogP contribution in [0.25, 0.3) is 22.1 Å². The van der Waals surface area contributed by atoms with Crippen LogP contribution in [0.15, 0.2) is 48.5 Å². The summed E-state index contributed by atoms with van der Waals surface area (Å²) in [6.45, 7) is 0. The number of H-pyrrole nitrogens is 2. The molecule has 0 aliphatic heterocycles. The number of carbonyl (C=O) groups is 2. The van der Waals surface area contributed by atoms with Crippen LogP contribution in [0.2, 0.25) is 0 Å². The summed E-state index contributed by atoms with van der Waals surface area (Å²) >= 11 is 0. The number of rotatable bonds is 8. The monoisotopic (exact) mass is 820 g/mol. The molecule has 0 radical (unpaired) electrons. The largest absolute Gasteiger partial charge is 2.00 e. The number of benzene rings is 2. The van der Waals surface area contributed by atoms with Crippen LogP contribution >= 0.6 is 0 Å². The number of carbonyl (C=O) groups excluding carboxylic acids is 2. The van der Waals surface area contributed by atoms with E-state index in [0.29, 0.717) is 25.7 Å². The Kier molecular flexibility index (Phi) is 143. The summed E-state index contributed by atoms with van der Waals surface area (Å²) in [4.78, 5) is 35.7. The van der Waals surface area contributed by atoms with Gasteiger partial charge in [-0.25, -0.2) is 9.97 Å². The molecule has 53 heavy (non-hydrogen) atoms. The molecule has 4 rings (SSSR count). The molecule has 0 amide bonds. The molecule has 0 fully saturated rings. The third-order valence-electron chi connectivity index (χ3n) is 4.87. The Balaban J connectivity index is -0.0000000184. The first-order chi connectivity index (χ1) is 15.3. The Morgan fingerprint density at radius 2 is 0.717 bits per heavy atom. The molecule has 0 spiro atoms. The van der Waals surface area contributed by atoms with Gasteiger partial charge in [0.25, 0.3) is 0 Å². The van der Waals surface area contributed by atoms with Gasteiger partial charge in [0, 0.05) is 24.9 Å². The van der Waals surface area contributed by atoms with Crippen molar-refractivity contribution in [2.45, 2.75) is 37.8 Å². The third kappa shape index (κ3) is 37.8. The number of imidazole rings is 2. The number of nitrogens with two attached hydrogens (primary N) is 2. The Morgan fingerprint density at radius 3 is 0.925 bits per heavy atom. The minimum atomic E-state index is -1.23. The van der Waals surface area contributed by atoms with E-state index in [1.807, 2.05) is 48.5 Å². The Hall–Kier alpha value is -3.79. The zero-order valence-corrected chi connectivity index (χ0v) is 29.4. The molecular weight excluding hydrogens is 757 g/mol. The average Bonchev–Trinajstić information content (AvgIpc) is 3.39. The second-order valence-electron chi connectivity index (χ2n) is 7.33.